The molecule has 0 atom stereocenters. The van der Waals surface area contributed by atoms with Crippen LogP contribution in [0.3, 0.4) is 0 Å². The Labute approximate surface area is 570 Å². The van der Waals surface area contributed by atoms with E-state index < -0.39 is 11.6 Å². The summed E-state index contributed by atoms with van der Waals surface area (Å²) in [4.78, 5) is 46.3. The topological polar surface area (TPSA) is 71.1 Å². The number of ether oxygens (including phenoxy) is 4. The number of unbranched alkanes of at least 4 members (excludes halogenated alkanes) is 24. The molecule has 6 nitrogen and oxygen atoms in total. The molecule has 0 N–H and O–H groups in total. The van der Waals surface area contributed by atoms with Gasteiger partial charge in [-0.05, 0) is 124 Å². The predicted molar refractivity (Wildman–Crippen MR) is 391 cm³/mol. The van der Waals surface area contributed by atoms with Crippen molar-refractivity contribution < 1.29 is 28.5 Å². The van der Waals surface area contributed by atoms with Gasteiger partial charge in [-0.15, -0.1) is 90.7 Å². The monoisotopic (exact) mass is 1360 g/mol. The quantitative estimate of drug-likeness (QED) is 0.0288. The van der Waals surface area contributed by atoms with Crippen molar-refractivity contribution in [1.29, 1.82) is 0 Å². The van der Waals surface area contributed by atoms with Crippen LogP contribution in [0, 0.1) is 0 Å². The lowest BCUT2D eigenvalue weighted by Gasteiger charge is -2.55. The normalized spacial score (nSPS) is 17.4. The number of thiophene rings is 8. The Morgan fingerprint density at radius 3 is 0.811 bits per heavy atom. The molecule has 0 unspecified atom stereocenters. The molecule has 0 bridgehead atoms. The van der Waals surface area contributed by atoms with Crippen LogP contribution in [-0.2, 0) is 56.2 Å². The first-order chi connectivity index (χ1) is 44.3. The lowest BCUT2D eigenvalue weighted by molar-refractivity contribution is -0.483. The fourth-order valence-corrected chi connectivity index (χ4v) is 22.8. The van der Waals surface area contributed by atoms with Gasteiger partial charge < -0.3 is 18.9 Å². The van der Waals surface area contributed by atoms with E-state index in [9.17, 15) is 9.59 Å². The summed E-state index contributed by atoms with van der Waals surface area (Å²) in [6, 6.07) is 26.8. The molecule has 0 saturated carbocycles. The Hall–Kier alpha value is -3.22. The van der Waals surface area contributed by atoms with Gasteiger partial charge >= 0.3 is 0 Å². The summed E-state index contributed by atoms with van der Waals surface area (Å²) in [5.74, 6) is -2.88. The Kier molecular flexibility index (Phi) is 25.7. The van der Waals surface area contributed by atoms with E-state index in [0.29, 0.717) is 37.6 Å². The predicted octanol–water partition coefficient (Wildman–Crippen LogP) is 25.8. The Balaban J connectivity index is 0.000000187. The minimum Gasteiger partial charge on any atom is -0.339 e. The highest BCUT2D eigenvalue weighted by atomic mass is 32.1. The molecular weight excluding hydrogens is 1270 g/mol. The number of fused-ring (bicyclic) bond motifs is 6. The highest BCUT2D eigenvalue weighted by Gasteiger charge is 2.67. The average molecular weight is 1360 g/mol. The van der Waals surface area contributed by atoms with Crippen molar-refractivity contribution in [3.63, 3.8) is 0 Å². The van der Waals surface area contributed by atoms with Crippen LogP contribution in [-0.4, -0.2) is 38.0 Å². The molecule has 2 aliphatic carbocycles. The van der Waals surface area contributed by atoms with E-state index in [1.54, 1.807) is 22.7 Å². The summed E-state index contributed by atoms with van der Waals surface area (Å²) in [6.45, 7) is 11.0. The van der Waals surface area contributed by atoms with Crippen molar-refractivity contribution in [3.05, 3.63) is 115 Å². The molecule has 90 heavy (non-hydrogen) atoms. The molecule has 12 rings (SSSR count). The molecule has 10 heterocycles. The molecule has 0 amide bonds. The third-order valence-electron chi connectivity index (χ3n) is 18.3. The zero-order valence-electron chi connectivity index (χ0n) is 54.1. The maximum atomic E-state index is 13.1. The molecular formula is C76H96O6S8. The lowest BCUT2D eigenvalue weighted by Crippen LogP contribution is -2.63. The van der Waals surface area contributed by atoms with Gasteiger partial charge in [0.2, 0.25) is 11.6 Å². The molecule has 0 aromatic carbocycles. The van der Waals surface area contributed by atoms with Gasteiger partial charge in [-0.25, -0.2) is 0 Å². The first kappa shape index (κ1) is 68.2. The second-order valence-corrected chi connectivity index (χ2v) is 34.1. The summed E-state index contributed by atoms with van der Waals surface area (Å²) in [5.41, 5.74) is 3.31. The minimum atomic E-state index is -1.09. The van der Waals surface area contributed by atoms with Crippen LogP contribution in [0.15, 0.2) is 72.8 Å². The number of carbonyl (C=O) groups is 2. The Morgan fingerprint density at radius 2 is 0.533 bits per heavy atom. The first-order valence-electron chi connectivity index (χ1n) is 34.8. The molecule has 2 saturated heterocycles. The maximum absolute atomic E-state index is 13.1. The van der Waals surface area contributed by atoms with Crippen LogP contribution in [0.1, 0.15) is 259 Å². The number of aryl methyl sites for hydroxylation is 4. The second-order valence-electron chi connectivity index (χ2n) is 25.2. The zero-order valence-corrected chi connectivity index (χ0v) is 60.6. The van der Waals surface area contributed by atoms with E-state index in [2.05, 4.69) is 88.4 Å². The van der Waals surface area contributed by atoms with Crippen molar-refractivity contribution >= 4 is 102 Å². The van der Waals surface area contributed by atoms with E-state index in [0.717, 1.165) is 43.5 Å². The highest BCUT2D eigenvalue weighted by molar-refractivity contribution is 7.30. The fraction of sp³-hybridized carbons (Fsp3) is 0.553. The third kappa shape index (κ3) is 16.2. The van der Waals surface area contributed by atoms with Gasteiger partial charge in [-0.2, -0.15) is 0 Å². The summed E-state index contributed by atoms with van der Waals surface area (Å²) >= 11 is 14.7. The number of carbonyl (C=O) groups excluding carboxylic acids is 2. The van der Waals surface area contributed by atoms with Gasteiger partial charge in [0.15, 0.2) is 0 Å². The van der Waals surface area contributed by atoms with Crippen molar-refractivity contribution in [2.45, 2.75) is 245 Å². The highest BCUT2D eigenvalue weighted by Crippen LogP contribution is 2.65. The first-order valence-corrected chi connectivity index (χ1v) is 41.4. The molecule has 8 aromatic heterocycles. The number of Topliss-reactive ketones (excluding diaryl/α,β-unsaturated/α-hetero) is 2. The number of hydrogen-bond acceptors (Lipinski definition) is 14. The largest absolute Gasteiger partial charge is 0.339 e. The van der Waals surface area contributed by atoms with E-state index in [1.807, 2.05) is 80.2 Å². The lowest BCUT2D eigenvalue weighted by atomic mass is 9.83. The fourth-order valence-electron chi connectivity index (χ4n) is 13.3. The van der Waals surface area contributed by atoms with Crippen LogP contribution >= 0.6 is 90.7 Å². The number of hydrogen-bond donors (Lipinski definition) is 0. The van der Waals surface area contributed by atoms with Crippen LogP contribution in [0.5, 0.6) is 0 Å². The molecule has 14 heteroatoms. The van der Waals surface area contributed by atoms with Crippen LogP contribution in [0.25, 0.3) is 58.5 Å². The van der Waals surface area contributed by atoms with Crippen LogP contribution in [0.4, 0.5) is 0 Å². The van der Waals surface area contributed by atoms with Gasteiger partial charge in [0.25, 0.3) is 11.6 Å². The van der Waals surface area contributed by atoms with Crippen molar-refractivity contribution in [1.82, 2.24) is 0 Å². The standard InChI is InChI=1S/C40H52O4S4.C36H44O2S4/c1-3-5-7-9-11-13-15-17-29-19-21-33(45-29)35-27-31-37(47-35)38-32(40-39(31,41-23-25-43-40)42-24-26-44-40)28-36(48-38)34-22-20-30(46-34)18-16-14-12-10-8-6-4-2;1-3-5-7-9-11-13-15-17-25-19-21-29(39-25)31-23-27-33(37)34(38)28-24-32(42-36(28)35(27)41-31)30-22-20-26(40-30)18-16-14-12-10-8-6-4-2/h19-22,27-28H,3-18,23-26H2,1-2H3;19-24H,3-18H2,1-2H3. The number of ketones is 2. The smallest absolute Gasteiger partial charge is 0.257 e. The summed E-state index contributed by atoms with van der Waals surface area (Å²) in [7, 11) is 0. The molecule has 484 valence electrons. The van der Waals surface area contributed by atoms with Gasteiger partial charge in [0, 0.05) is 80.8 Å². The Morgan fingerprint density at radius 1 is 0.289 bits per heavy atom. The summed E-state index contributed by atoms with van der Waals surface area (Å²) in [6.07, 6.45) is 42.0. The van der Waals surface area contributed by atoms with Gasteiger partial charge in [-0.3, -0.25) is 9.59 Å². The molecule has 2 fully saturated rings. The molecule has 0 radical (unpaired) electrons. The average Bonchev–Trinajstić information content (AvgIpc) is 1.36. The van der Waals surface area contributed by atoms with Crippen molar-refractivity contribution in [2.75, 3.05) is 26.4 Å². The van der Waals surface area contributed by atoms with Crippen molar-refractivity contribution in [3.8, 4) is 58.5 Å². The molecule has 0 spiro atoms. The molecule has 8 aromatic rings. The van der Waals surface area contributed by atoms with Gasteiger partial charge in [0.05, 0.1) is 45.9 Å². The number of rotatable bonds is 36. The Bertz CT molecular complexity index is 3290. The van der Waals surface area contributed by atoms with E-state index in [4.69, 9.17) is 18.9 Å². The minimum absolute atomic E-state index is 0.352. The molecule has 4 aliphatic rings. The van der Waals surface area contributed by atoms with E-state index in [1.165, 1.54) is 251 Å². The molecule has 2 aliphatic heterocycles. The third-order valence-corrected chi connectivity index (χ3v) is 28.5. The van der Waals surface area contributed by atoms with Crippen LogP contribution < -0.4 is 0 Å². The zero-order chi connectivity index (χ0) is 62.1. The van der Waals surface area contributed by atoms with E-state index >= 15 is 0 Å². The summed E-state index contributed by atoms with van der Waals surface area (Å²) in [5, 5.41) is 0. The van der Waals surface area contributed by atoms with Gasteiger partial charge in [-0.1, -0.05) is 182 Å². The van der Waals surface area contributed by atoms with E-state index in [-0.39, 0.29) is 11.6 Å². The van der Waals surface area contributed by atoms with Crippen LogP contribution in [0.2, 0.25) is 0 Å². The van der Waals surface area contributed by atoms with Crippen molar-refractivity contribution in [2.24, 2.45) is 0 Å². The SMILES string of the molecule is CCCCCCCCCc1ccc(-c2cc3c(s2)-c2sc(-c4ccc(CCCCCCCCC)s4)cc2C(=O)C3=O)s1.CCCCCCCCCc1ccc(-c2cc3c(s2)-c2sc(-c4ccc(CCCCCCCCC)s4)cc2C24OCCOC32OCCO4)s1. The second kappa shape index (κ2) is 33.9. The summed E-state index contributed by atoms with van der Waals surface area (Å²) < 4.78 is 26.6. The maximum Gasteiger partial charge on any atom is 0.257 e. The van der Waals surface area contributed by atoms with Gasteiger partial charge in [0.1, 0.15) is 0 Å².